The molecule has 104 valence electrons. The molecule has 0 atom stereocenters. The first-order chi connectivity index (χ1) is 10.1. The van der Waals surface area contributed by atoms with Gasteiger partial charge in [-0.1, -0.05) is 18.2 Å². The maximum atomic E-state index is 13.1. The zero-order chi connectivity index (χ0) is 14.8. The molecule has 0 fully saturated rings. The van der Waals surface area contributed by atoms with Crippen molar-refractivity contribution in [1.29, 1.82) is 0 Å². The number of hydrogen-bond acceptors (Lipinski definition) is 2. The highest BCUT2D eigenvalue weighted by Crippen LogP contribution is 2.24. The van der Waals surface area contributed by atoms with E-state index in [-0.39, 0.29) is 11.5 Å². The van der Waals surface area contributed by atoms with Crippen LogP contribution in [0, 0.1) is 5.82 Å². The highest BCUT2D eigenvalue weighted by atomic mass is 19.1. The fourth-order valence-corrected chi connectivity index (χ4v) is 2.09. The summed E-state index contributed by atoms with van der Waals surface area (Å²) in [5.41, 5.74) is 7.69. The van der Waals surface area contributed by atoms with Gasteiger partial charge in [-0.05, 0) is 42.5 Å². The SMILES string of the molecule is NC(=O)c1cc(-c2ccc(F)cc2)n(-c2ccccc2)n1. The van der Waals surface area contributed by atoms with Crippen LogP contribution in [0.15, 0.2) is 60.7 Å². The minimum Gasteiger partial charge on any atom is -0.364 e. The molecular formula is C16H12FN3O. The fraction of sp³-hybridized carbons (Fsp3) is 0. The van der Waals surface area contributed by atoms with Crippen LogP contribution in [0.1, 0.15) is 10.5 Å². The Bertz CT molecular complexity index is 779. The van der Waals surface area contributed by atoms with Crippen molar-refractivity contribution in [3.63, 3.8) is 0 Å². The van der Waals surface area contributed by atoms with Gasteiger partial charge in [0.1, 0.15) is 5.82 Å². The summed E-state index contributed by atoms with van der Waals surface area (Å²) in [5, 5.41) is 4.23. The van der Waals surface area contributed by atoms with Crippen molar-refractivity contribution in [2.24, 2.45) is 5.73 Å². The molecule has 0 radical (unpaired) electrons. The van der Waals surface area contributed by atoms with Crippen molar-refractivity contribution in [3.8, 4) is 16.9 Å². The summed E-state index contributed by atoms with van der Waals surface area (Å²) < 4.78 is 14.7. The molecule has 3 rings (SSSR count). The van der Waals surface area contributed by atoms with Gasteiger partial charge in [-0.25, -0.2) is 9.07 Å². The van der Waals surface area contributed by atoms with E-state index in [0.29, 0.717) is 5.69 Å². The van der Waals surface area contributed by atoms with E-state index in [1.807, 2.05) is 30.3 Å². The van der Waals surface area contributed by atoms with Gasteiger partial charge in [0.2, 0.25) is 0 Å². The first-order valence-corrected chi connectivity index (χ1v) is 6.36. The third kappa shape index (κ3) is 2.53. The minimum atomic E-state index is -0.604. The number of nitrogens with zero attached hydrogens (tertiary/aromatic N) is 2. The highest BCUT2D eigenvalue weighted by Gasteiger charge is 2.14. The molecular weight excluding hydrogens is 269 g/mol. The van der Waals surface area contributed by atoms with Crippen molar-refractivity contribution in [2.45, 2.75) is 0 Å². The van der Waals surface area contributed by atoms with Gasteiger partial charge in [-0.15, -0.1) is 0 Å². The second kappa shape index (κ2) is 5.20. The number of aromatic nitrogens is 2. The Labute approximate surface area is 120 Å². The van der Waals surface area contributed by atoms with Crippen molar-refractivity contribution < 1.29 is 9.18 Å². The maximum absolute atomic E-state index is 13.1. The molecule has 0 unspecified atom stereocenters. The third-order valence-corrected chi connectivity index (χ3v) is 3.10. The van der Waals surface area contributed by atoms with Crippen molar-refractivity contribution in [2.75, 3.05) is 0 Å². The van der Waals surface area contributed by atoms with Crippen LogP contribution in [0.3, 0.4) is 0 Å². The zero-order valence-electron chi connectivity index (χ0n) is 11.0. The zero-order valence-corrected chi connectivity index (χ0v) is 11.0. The van der Waals surface area contributed by atoms with Crippen LogP contribution in [0.2, 0.25) is 0 Å². The van der Waals surface area contributed by atoms with E-state index in [1.165, 1.54) is 12.1 Å². The fourth-order valence-electron chi connectivity index (χ4n) is 2.09. The molecule has 4 nitrogen and oxygen atoms in total. The van der Waals surface area contributed by atoms with Crippen molar-refractivity contribution in [3.05, 3.63) is 72.2 Å². The Kier molecular flexibility index (Phi) is 3.23. The molecule has 1 amide bonds. The van der Waals surface area contributed by atoms with Crippen LogP contribution in [0.25, 0.3) is 16.9 Å². The lowest BCUT2D eigenvalue weighted by atomic mass is 10.1. The van der Waals surface area contributed by atoms with Crippen LogP contribution in [0.5, 0.6) is 0 Å². The predicted octanol–water partition coefficient (Wildman–Crippen LogP) is 2.78. The Morgan fingerprint density at radius 3 is 2.33 bits per heavy atom. The Morgan fingerprint density at radius 1 is 1.05 bits per heavy atom. The minimum absolute atomic E-state index is 0.165. The first kappa shape index (κ1) is 13.1. The molecule has 2 N–H and O–H groups in total. The molecule has 21 heavy (non-hydrogen) atoms. The second-order valence-corrected chi connectivity index (χ2v) is 4.53. The molecule has 0 aliphatic rings. The van der Waals surface area contributed by atoms with E-state index in [0.717, 1.165) is 11.3 Å². The van der Waals surface area contributed by atoms with Gasteiger partial charge in [-0.3, -0.25) is 4.79 Å². The average molecular weight is 281 g/mol. The monoisotopic (exact) mass is 281 g/mol. The quantitative estimate of drug-likeness (QED) is 0.802. The molecule has 0 spiro atoms. The Morgan fingerprint density at radius 2 is 1.71 bits per heavy atom. The lowest BCUT2D eigenvalue weighted by Crippen LogP contribution is -2.12. The molecule has 5 heteroatoms. The van der Waals surface area contributed by atoms with Crippen LogP contribution >= 0.6 is 0 Å². The van der Waals surface area contributed by atoms with Gasteiger partial charge in [0.05, 0.1) is 11.4 Å². The van der Waals surface area contributed by atoms with Gasteiger partial charge in [0, 0.05) is 5.56 Å². The average Bonchev–Trinajstić information content (AvgIpc) is 2.94. The smallest absolute Gasteiger partial charge is 0.269 e. The highest BCUT2D eigenvalue weighted by molar-refractivity contribution is 5.92. The van der Waals surface area contributed by atoms with Crippen molar-refractivity contribution in [1.82, 2.24) is 9.78 Å². The summed E-state index contributed by atoms with van der Waals surface area (Å²) in [6.45, 7) is 0. The standard InChI is InChI=1S/C16H12FN3O/c17-12-8-6-11(7-9-12)15-10-14(16(18)21)19-20(15)13-4-2-1-3-5-13/h1-10H,(H2,18,21). The maximum Gasteiger partial charge on any atom is 0.269 e. The Balaban J connectivity index is 2.19. The number of carbonyl (C=O) groups is 1. The lowest BCUT2D eigenvalue weighted by molar-refractivity contribution is 0.0995. The van der Waals surface area contributed by atoms with Gasteiger partial charge in [-0.2, -0.15) is 5.10 Å². The number of benzene rings is 2. The van der Waals surface area contributed by atoms with Crippen LogP contribution in [-0.4, -0.2) is 15.7 Å². The van der Waals surface area contributed by atoms with Gasteiger partial charge in [0.25, 0.3) is 5.91 Å². The first-order valence-electron chi connectivity index (χ1n) is 6.36. The van der Waals surface area contributed by atoms with Gasteiger partial charge < -0.3 is 5.73 Å². The molecule has 1 aromatic heterocycles. The number of rotatable bonds is 3. The summed E-state index contributed by atoms with van der Waals surface area (Å²) in [4.78, 5) is 11.4. The number of carbonyl (C=O) groups excluding carboxylic acids is 1. The van der Waals surface area contributed by atoms with Crippen LogP contribution in [-0.2, 0) is 0 Å². The molecule has 0 saturated carbocycles. The molecule has 0 aliphatic carbocycles. The van der Waals surface area contributed by atoms with E-state index in [1.54, 1.807) is 22.9 Å². The van der Waals surface area contributed by atoms with Crippen LogP contribution in [0.4, 0.5) is 4.39 Å². The number of hydrogen-bond donors (Lipinski definition) is 1. The summed E-state index contributed by atoms with van der Waals surface area (Å²) in [6, 6.07) is 17.0. The van der Waals surface area contributed by atoms with Gasteiger partial charge in [0.15, 0.2) is 5.69 Å². The summed E-state index contributed by atoms with van der Waals surface area (Å²) in [5.74, 6) is -0.923. The Hall–Kier alpha value is -2.95. The lowest BCUT2D eigenvalue weighted by Gasteiger charge is -2.07. The normalized spacial score (nSPS) is 10.5. The van der Waals surface area contributed by atoms with E-state index in [9.17, 15) is 9.18 Å². The van der Waals surface area contributed by atoms with E-state index >= 15 is 0 Å². The van der Waals surface area contributed by atoms with Crippen LogP contribution < -0.4 is 5.73 Å². The molecule has 1 heterocycles. The molecule has 0 bridgehead atoms. The number of amides is 1. The number of nitrogens with two attached hydrogens (primary N) is 1. The predicted molar refractivity (Wildman–Crippen MR) is 77.5 cm³/mol. The van der Waals surface area contributed by atoms with E-state index in [4.69, 9.17) is 5.73 Å². The summed E-state index contributed by atoms with van der Waals surface area (Å²) in [6.07, 6.45) is 0. The molecule has 0 saturated heterocycles. The second-order valence-electron chi connectivity index (χ2n) is 4.53. The number of para-hydroxylation sites is 1. The number of halogens is 1. The molecule has 0 aliphatic heterocycles. The third-order valence-electron chi connectivity index (χ3n) is 3.10. The van der Waals surface area contributed by atoms with E-state index in [2.05, 4.69) is 5.10 Å². The van der Waals surface area contributed by atoms with E-state index < -0.39 is 5.91 Å². The van der Waals surface area contributed by atoms with Crippen molar-refractivity contribution >= 4 is 5.91 Å². The summed E-state index contributed by atoms with van der Waals surface area (Å²) >= 11 is 0. The largest absolute Gasteiger partial charge is 0.364 e. The molecule has 2 aromatic carbocycles. The topological polar surface area (TPSA) is 60.9 Å². The number of primary amides is 1. The molecule has 3 aromatic rings. The van der Waals surface area contributed by atoms with Gasteiger partial charge >= 0.3 is 0 Å². The summed E-state index contributed by atoms with van der Waals surface area (Å²) in [7, 11) is 0.